The maximum Gasteiger partial charge on any atom is 0.327 e. The van der Waals surface area contributed by atoms with Crippen LogP contribution in [0.25, 0.3) is 17.0 Å². The molecule has 196 valence electrons. The van der Waals surface area contributed by atoms with Crippen LogP contribution in [-0.2, 0) is 22.6 Å². The Labute approximate surface area is 238 Å². The molecular formula is C29H20ClFN2O4S2. The van der Waals surface area contributed by atoms with Gasteiger partial charge in [0, 0.05) is 17.4 Å². The van der Waals surface area contributed by atoms with Crippen molar-refractivity contribution in [1.82, 2.24) is 9.88 Å². The van der Waals surface area contributed by atoms with Crippen LogP contribution in [0.4, 0.5) is 4.39 Å². The van der Waals surface area contributed by atoms with E-state index in [0.29, 0.717) is 27.8 Å². The van der Waals surface area contributed by atoms with E-state index in [1.807, 2.05) is 18.2 Å². The molecule has 2 heterocycles. The average molecular weight is 579 g/mol. The highest BCUT2D eigenvalue weighted by Crippen LogP contribution is 2.36. The molecule has 5 rings (SSSR count). The third-order valence-electron chi connectivity index (χ3n) is 6.04. The summed E-state index contributed by atoms with van der Waals surface area (Å²) in [4.78, 5) is 31.2. The molecular weight excluding hydrogens is 559 g/mol. The first-order chi connectivity index (χ1) is 18.8. The van der Waals surface area contributed by atoms with E-state index in [0.717, 1.165) is 22.2 Å². The smallest absolute Gasteiger partial charge is 0.327 e. The average Bonchev–Trinajstić information content (AvgIpc) is 3.19. The Bertz CT molecular complexity index is 1630. The Morgan fingerprint density at radius 2 is 1.87 bits per heavy atom. The molecule has 1 atom stereocenters. The molecule has 0 radical (unpaired) electrons. The maximum absolute atomic E-state index is 13.5. The van der Waals surface area contributed by atoms with Gasteiger partial charge in [-0.2, -0.15) is 0 Å². The number of aliphatic carboxylic acids is 1. The van der Waals surface area contributed by atoms with E-state index in [2.05, 4.69) is 4.98 Å². The number of carbonyl (C=O) groups is 2. The SMILES string of the molecule is O=C(O)[C@H](Cc1ccccc1)N1C(=O)/C(=C/c2cc3cc(OCc4cccc(F)c4)ccc3nc2Cl)SC1=S. The summed E-state index contributed by atoms with van der Waals surface area (Å²) in [6.07, 6.45) is 1.68. The molecule has 1 aromatic heterocycles. The van der Waals surface area contributed by atoms with Gasteiger partial charge in [0.25, 0.3) is 5.91 Å². The van der Waals surface area contributed by atoms with Crippen molar-refractivity contribution in [3.63, 3.8) is 0 Å². The van der Waals surface area contributed by atoms with Gasteiger partial charge in [0.05, 0.1) is 10.4 Å². The summed E-state index contributed by atoms with van der Waals surface area (Å²) in [6.45, 7) is 0.188. The van der Waals surface area contributed by atoms with Gasteiger partial charge in [-0.25, -0.2) is 14.2 Å². The standard InChI is InChI=1S/C29H20ClFN2O4S2/c30-26-20(13-19-14-22(9-10-23(19)32-26)37-16-18-7-4-8-21(31)11-18)15-25-27(34)33(29(38)39-25)24(28(35)36)12-17-5-2-1-3-6-17/h1-11,13-15,24H,12,16H2,(H,35,36)/b25-15-/t24-/m0/s1. The first-order valence-corrected chi connectivity index (χ1v) is 13.4. The highest BCUT2D eigenvalue weighted by molar-refractivity contribution is 8.26. The molecule has 1 aliphatic heterocycles. The van der Waals surface area contributed by atoms with Crippen molar-refractivity contribution >= 4 is 68.8 Å². The molecule has 4 aromatic rings. The summed E-state index contributed by atoms with van der Waals surface area (Å²) in [5.74, 6) is -1.43. The number of carboxylic acids is 1. The molecule has 1 aliphatic rings. The van der Waals surface area contributed by atoms with Crippen LogP contribution >= 0.6 is 35.6 Å². The Hall–Kier alpha value is -3.79. The second-order valence-electron chi connectivity index (χ2n) is 8.74. The minimum Gasteiger partial charge on any atom is -0.489 e. The Balaban J connectivity index is 1.39. The van der Waals surface area contributed by atoms with Gasteiger partial charge in [0.1, 0.15) is 33.7 Å². The second-order valence-corrected chi connectivity index (χ2v) is 10.8. The molecule has 0 unspecified atom stereocenters. The number of carbonyl (C=O) groups excluding carboxylic acids is 1. The highest BCUT2D eigenvalue weighted by Gasteiger charge is 2.40. The number of thiocarbonyl (C=S) groups is 1. The number of thioether (sulfide) groups is 1. The van der Waals surface area contributed by atoms with E-state index >= 15 is 0 Å². The van der Waals surface area contributed by atoms with Crippen LogP contribution < -0.4 is 4.74 Å². The summed E-state index contributed by atoms with van der Waals surface area (Å²) in [7, 11) is 0. The number of hydrogen-bond acceptors (Lipinski definition) is 6. The van der Waals surface area contributed by atoms with Crippen LogP contribution in [0.2, 0.25) is 5.15 Å². The summed E-state index contributed by atoms with van der Waals surface area (Å²) in [5, 5.41) is 10.8. The lowest BCUT2D eigenvalue weighted by atomic mass is 10.0. The van der Waals surface area contributed by atoms with E-state index in [9.17, 15) is 19.1 Å². The van der Waals surface area contributed by atoms with E-state index < -0.39 is 17.9 Å². The summed E-state index contributed by atoms with van der Waals surface area (Å²) < 4.78 is 19.4. The van der Waals surface area contributed by atoms with Crippen LogP contribution in [0, 0.1) is 5.82 Å². The predicted molar refractivity (Wildman–Crippen MR) is 154 cm³/mol. The van der Waals surface area contributed by atoms with Crippen molar-refractivity contribution < 1.29 is 23.8 Å². The van der Waals surface area contributed by atoms with Gasteiger partial charge in [-0.15, -0.1) is 0 Å². The molecule has 6 nitrogen and oxygen atoms in total. The number of ether oxygens (including phenoxy) is 1. The van der Waals surface area contributed by atoms with Crippen LogP contribution in [0.15, 0.2) is 83.8 Å². The fourth-order valence-electron chi connectivity index (χ4n) is 4.15. The third-order valence-corrected chi connectivity index (χ3v) is 7.67. The Kier molecular flexibility index (Phi) is 7.92. The Morgan fingerprint density at radius 3 is 2.62 bits per heavy atom. The number of carboxylic acid groups (broad SMARTS) is 1. The van der Waals surface area contributed by atoms with Crippen LogP contribution in [0.5, 0.6) is 5.75 Å². The van der Waals surface area contributed by atoms with Crippen molar-refractivity contribution in [2.24, 2.45) is 0 Å². The Morgan fingerprint density at radius 1 is 1.10 bits per heavy atom. The maximum atomic E-state index is 13.5. The highest BCUT2D eigenvalue weighted by atomic mass is 35.5. The van der Waals surface area contributed by atoms with Crippen molar-refractivity contribution in [2.75, 3.05) is 0 Å². The summed E-state index contributed by atoms with van der Waals surface area (Å²) >= 11 is 12.9. The quantitative estimate of drug-likeness (QED) is 0.145. The molecule has 39 heavy (non-hydrogen) atoms. The fraction of sp³-hybridized carbons (Fsp3) is 0.103. The third kappa shape index (κ3) is 6.11. The lowest BCUT2D eigenvalue weighted by molar-refractivity contribution is -0.145. The van der Waals surface area contributed by atoms with Crippen molar-refractivity contribution in [3.8, 4) is 5.75 Å². The number of amides is 1. The molecule has 1 N–H and O–H groups in total. The van der Waals surface area contributed by atoms with Crippen LogP contribution in [0.1, 0.15) is 16.7 Å². The van der Waals surface area contributed by atoms with Gasteiger partial charge in [0.15, 0.2) is 0 Å². The number of benzene rings is 3. The van der Waals surface area contributed by atoms with Gasteiger partial charge in [-0.3, -0.25) is 9.69 Å². The molecule has 1 fully saturated rings. The van der Waals surface area contributed by atoms with Crippen LogP contribution in [-0.4, -0.2) is 37.2 Å². The number of pyridine rings is 1. The number of nitrogens with zero attached hydrogens (tertiary/aromatic N) is 2. The minimum absolute atomic E-state index is 0.118. The molecule has 0 spiro atoms. The number of rotatable bonds is 8. The molecule has 10 heteroatoms. The number of fused-ring (bicyclic) bond motifs is 1. The second kappa shape index (κ2) is 11.5. The molecule has 0 aliphatic carbocycles. The molecule has 1 amide bonds. The lowest BCUT2D eigenvalue weighted by Crippen LogP contribution is -2.45. The van der Waals surface area contributed by atoms with Gasteiger partial charge in [-0.1, -0.05) is 78.0 Å². The molecule has 0 saturated carbocycles. The first kappa shape index (κ1) is 26.8. The number of aromatic nitrogens is 1. The normalized spacial score (nSPS) is 15.2. The number of halogens is 2. The lowest BCUT2D eigenvalue weighted by Gasteiger charge is -2.23. The largest absolute Gasteiger partial charge is 0.489 e. The molecule has 3 aromatic carbocycles. The van der Waals surface area contributed by atoms with E-state index in [-0.39, 0.29) is 33.2 Å². The zero-order valence-corrected chi connectivity index (χ0v) is 22.6. The van der Waals surface area contributed by atoms with Crippen molar-refractivity contribution in [3.05, 3.63) is 111 Å². The summed E-state index contributed by atoms with van der Waals surface area (Å²) in [6, 6.07) is 21.1. The van der Waals surface area contributed by atoms with E-state index in [1.165, 1.54) is 12.1 Å². The van der Waals surface area contributed by atoms with Gasteiger partial charge in [0.2, 0.25) is 0 Å². The van der Waals surface area contributed by atoms with E-state index in [1.54, 1.807) is 54.6 Å². The van der Waals surface area contributed by atoms with Gasteiger partial charge in [-0.05, 0) is 53.6 Å². The predicted octanol–water partition coefficient (Wildman–Crippen LogP) is 6.50. The van der Waals surface area contributed by atoms with Gasteiger partial charge < -0.3 is 9.84 Å². The zero-order chi connectivity index (χ0) is 27.5. The fourth-order valence-corrected chi connectivity index (χ4v) is 5.70. The molecule has 1 saturated heterocycles. The monoisotopic (exact) mass is 578 g/mol. The van der Waals surface area contributed by atoms with E-state index in [4.69, 9.17) is 28.6 Å². The zero-order valence-electron chi connectivity index (χ0n) is 20.2. The van der Waals surface area contributed by atoms with Crippen molar-refractivity contribution in [1.29, 1.82) is 0 Å². The molecule has 0 bridgehead atoms. The summed E-state index contributed by atoms with van der Waals surface area (Å²) in [5.41, 5.74) is 2.57. The van der Waals surface area contributed by atoms with Crippen LogP contribution in [0.3, 0.4) is 0 Å². The minimum atomic E-state index is -1.15. The van der Waals surface area contributed by atoms with Crippen molar-refractivity contribution in [2.45, 2.75) is 19.1 Å². The number of hydrogen-bond donors (Lipinski definition) is 1. The van der Waals surface area contributed by atoms with Gasteiger partial charge >= 0.3 is 5.97 Å². The topological polar surface area (TPSA) is 79.7 Å². The first-order valence-electron chi connectivity index (χ1n) is 11.8.